The highest BCUT2D eigenvalue weighted by atomic mass is 79.9. The van der Waals surface area contributed by atoms with Crippen molar-refractivity contribution in [3.63, 3.8) is 0 Å². The molecule has 1 heterocycles. The molecule has 0 radical (unpaired) electrons. The van der Waals surface area contributed by atoms with Crippen LogP contribution in [0.15, 0.2) is 22.7 Å². The first-order valence-electron chi connectivity index (χ1n) is 4.53. The molecule has 0 unspecified atom stereocenters. The summed E-state index contributed by atoms with van der Waals surface area (Å²) in [5.74, 6) is 1.67. The molecule has 0 atom stereocenters. The fraction of sp³-hybridized carbons (Fsp3) is 0.200. The summed E-state index contributed by atoms with van der Waals surface area (Å²) in [6.45, 7) is 0. The molecule has 6 heteroatoms. The van der Waals surface area contributed by atoms with Gasteiger partial charge in [-0.15, -0.1) is 10.2 Å². The lowest BCUT2D eigenvalue weighted by Crippen LogP contribution is -1.97. The van der Waals surface area contributed by atoms with Crippen molar-refractivity contribution < 1.29 is 0 Å². The summed E-state index contributed by atoms with van der Waals surface area (Å²) in [7, 11) is 1.93. The number of hydrogen-bond donors (Lipinski definition) is 0. The summed E-state index contributed by atoms with van der Waals surface area (Å²) in [5.41, 5.74) is 0.940. The first-order chi connectivity index (χ1) is 7.63. The third-order valence-electron chi connectivity index (χ3n) is 2.25. The van der Waals surface area contributed by atoms with Crippen molar-refractivity contribution >= 4 is 43.5 Å². The maximum Gasteiger partial charge on any atom is 0.164 e. The average molecular weight is 365 g/mol. The second-order valence-electron chi connectivity index (χ2n) is 3.26. The Balaban J connectivity index is 2.58. The topological polar surface area (TPSA) is 30.7 Å². The summed E-state index contributed by atoms with van der Waals surface area (Å²) in [4.78, 5) is 0. The Morgan fingerprint density at radius 2 is 2.12 bits per heavy atom. The second-order valence-corrected chi connectivity index (χ2v) is 5.11. The van der Waals surface area contributed by atoms with Gasteiger partial charge in [0, 0.05) is 22.1 Å². The predicted octanol–water partition coefficient (Wildman–Crippen LogP) is 3.79. The Kier molecular flexibility index (Phi) is 3.66. The summed E-state index contributed by atoms with van der Waals surface area (Å²) in [6, 6.07) is 5.60. The van der Waals surface area contributed by atoms with E-state index in [4.69, 9.17) is 11.6 Å². The molecule has 0 saturated carbocycles. The summed E-state index contributed by atoms with van der Waals surface area (Å²) in [6.07, 6.45) is 0. The van der Waals surface area contributed by atoms with Gasteiger partial charge >= 0.3 is 0 Å². The van der Waals surface area contributed by atoms with Crippen molar-refractivity contribution in [1.82, 2.24) is 14.8 Å². The lowest BCUT2D eigenvalue weighted by atomic mass is 10.2. The minimum atomic E-state index is 0.675. The first kappa shape index (κ1) is 12.1. The van der Waals surface area contributed by atoms with Crippen LogP contribution >= 0.6 is 43.5 Å². The molecule has 0 amide bonds. The van der Waals surface area contributed by atoms with E-state index < -0.39 is 0 Å². The van der Waals surface area contributed by atoms with Gasteiger partial charge in [-0.05, 0) is 18.2 Å². The van der Waals surface area contributed by atoms with Crippen LogP contribution in [-0.4, -0.2) is 14.8 Å². The second kappa shape index (κ2) is 4.85. The van der Waals surface area contributed by atoms with E-state index in [1.807, 2.05) is 29.8 Å². The normalized spacial score (nSPS) is 10.8. The number of benzene rings is 1. The Morgan fingerprint density at radius 3 is 2.75 bits per heavy atom. The van der Waals surface area contributed by atoms with E-state index in [2.05, 4.69) is 42.1 Å². The summed E-state index contributed by atoms with van der Waals surface area (Å²) in [5, 5.41) is 9.59. The smallest absolute Gasteiger partial charge is 0.164 e. The van der Waals surface area contributed by atoms with Gasteiger partial charge in [0.15, 0.2) is 5.82 Å². The van der Waals surface area contributed by atoms with Gasteiger partial charge in [-0.3, -0.25) is 0 Å². The third-order valence-corrected chi connectivity index (χ3v) is 3.68. The van der Waals surface area contributed by atoms with E-state index in [0.717, 1.165) is 21.7 Å². The Hall–Kier alpha value is -0.390. The lowest BCUT2D eigenvalue weighted by Gasteiger charge is -2.05. The van der Waals surface area contributed by atoms with Crippen LogP contribution in [0.2, 0.25) is 5.02 Å². The minimum Gasteiger partial charge on any atom is -0.313 e. The molecule has 0 aliphatic heterocycles. The van der Waals surface area contributed by atoms with Crippen LogP contribution in [0, 0.1) is 0 Å². The zero-order valence-electron chi connectivity index (χ0n) is 8.41. The lowest BCUT2D eigenvalue weighted by molar-refractivity contribution is 0.858. The van der Waals surface area contributed by atoms with Crippen molar-refractivity contribution in [3.8, 4) is 11.4 Å². The molecular formula is C10H8Br2ClN3. The predicted molar refractivity (Wildman–Crippen MR) is 71.8 cm³/mol. The molecule has 0 saturated heterocycles. The first-order valence-corrected chi connectivity index (χ1v) is 6.82. The van der Waals surface area contributed by atoms with Gasteiger partial charge in [-0.25, -0.2) is 0 Å². The Bertz CT molecular complexity index is 525. The molecule has 0 bridgehead atoms. The van der Waals surface area contributed by atoms with E-state index in [9.17, 15) is 0 Å². The number of halogens is 3. The van der Waals surface area contributed by atoms with Crippen LogP contribution in [0.5, 0.6) is 0 Å². The molecule has 84 valence electrons. The molecule has 0 fully saturated rings. The molecule has 0 N–H and O–H groups in total. The monoisotopic (exact) mass is 363 g/mol. The number of nitrogens with zero attached hydrogens (tertiary/aromatic N) is 3. The molecule has 2 aromatic rings. The van der Waals surface area contributed by atoms with Crippen LogP contribution in [0.1, 0.15) is 5.82 Å². The van der Waals surface area contributed by atoms with Crippen molar-refractivity contribution in [3.05, 3.63) is 33.5 Å². The van der Waals surface area contributed by atoms with Crippen molar-refractivity contribution in [1.29, 1.82) is 0 Å². The van der Waals surface area contributed by atoms with Crippen LogP contribution in [0.3, 0.4) is 0 Å². The standard InChI is InChI=1S/C10H8Br2ClN3/c1-16-9(5-11)14-15-10(16)7-4-6(13)2-3-8(7)12/h2-4H,5H2,1H3. The quantitative estimate of drug-likeness (QED) is 0.758. The third kappa shape index (κ3) is 2.17. The molecular weight excluding hydrogens is 357 g/mol. The summed E-state index contributed by atoms with van der Waals surface area (Å²) < 4.78 is 2.89. The van der Waals surface area contributed by atoms with Gasteiger partial charge < -0.3 is 4.57 Å². The number of rotatable bonds is 2. The van der Waals surface area contributed by atoms with Gasteiger partial charge in [-0.1, -0.05) is 43.5 Å². The van der Waals surface area contributed by atoms with E-state index in [1.54, 1.807) is 0 Å². The maximum absolute atomic E-state index is 5.97. The number of alkyl halides is 1. The van der Waals surface area contributed by atoms with Crippen LogP contribution < -0.4 is 0 Å². The van der Waals surface area contributed by atoms with Crippen molar-refractivity contribution in [2.24, 2.45) is 7.05 Å². The highest BCUT2D eigenvalue weighted by molar-refractivity contribution is 9.10. The molecule has 1 aromatic carbocycles. The fourth-order valence-electron chi connectivity index (χ4n) is 1.38. The largest absolute Gasteiger partial charge is 0.313 e. The number of hydrogen-bond acceptors (Lipinski definition) is 2. The van der Waals surface area contributed by atoms with E-state index >= 15 is 0 Å². The zero-order valence-corrected chi connectivity index (χ0v) is 12.3. The zero-order chi connectivity index (χ0) is 11.7. The van der Waals surface area contributed by atoms with Crippen LogP contribution in [-0.2, 0) is 12.4 Å². The fourth-order valence-corrected chi connectivity index (χ4v) is 2.47. The Labute approximate surface area is 115 Å². The molecule has 16 heavy (non-hydrogen) atoms. The molecule has 0 aliphatic rings. The van der Waals surface area contributed by atoms with Crippen molar-refractivity contribution in [2.45, 2.75) is 5.33 Å². The average Bonchev–Trinajstić information content (AvgIpc) is 2.63. The molecule has 2 rings (SSSR count). The highest BCUT2D eigenvalue weighted by Gasteiger charge is 2.12. The van der Waals surface area contributed by atoms with Gasteiger partial charge in [0.1, 0.15) is 5.82 Å². The van der Waals surface area contributed by atoms with Gasteiger partial charge in [0.2, 0.25) is 0 Å². The van der Waals surface area contributed by atoms with E-state index in [-0.39, 0.29) is 0 Å². The maximum atomic E-state index is 5.97. The summed E-state index contributed by atoms with van der Waals surface area (Å²) >= 11 is 12.8. The molecule has 1 aromatic heterocycles. The highest BCUT2D eigenvalue weighted by Crippen LogP contribution is 2.29. The van der Waals surface area contributed by atoms with Crippen LogP contribution in [0.25, 0.3) is 11.4 Å². The molecule has 0 spiro atoms. The van der Waals surface area contributed by atoms with Crippen LogP contribution in [0.4, 0.5) is 0 Å². The van der Waals surface area contributed by atoms with E-state index in [0.29, 0.717) is 10.4 Å². The Morgan fingerprint density at radius 1 is 1.38 bits per heavy atom. The van der Waals surface area contributed by atoms with Gasteiger partial charge in [0.25, 0.3) is 0 Å². The SMILES string of the molecule is Cn1c(CBr)nnc1-c1cc(Cl)ccc1Br. The van der Waals surface area contributed by atoms with E-state index in [1.165, 1.54) is 0 Å². The molecule has 3 nitrogen and oxygen atoms in total. The number of aromatic nitrogens is 3. The van der Waals surface area contributed by atoms with Crippen molar-refractivity contribution in [2.75, 3.05) is 0 Å². The minimum absolute atomic E-state index is 0.675. The van der Waals surface area contributed by atoms with Gasteiger partial charge in [-0.2, -0.15) is 0 Å². The van der Waals surface area contributed by atoms with Gasteiger partial charge in [0.05, 0.1) is 5.33 Å². The molecule has 0 aliphatic carbocycles.